The molecular formula is C19H18N4S2. The highest BCUT2D eigenvalue weighted by Crippen LogP contribution is 2.31. The zero-order valence-electron chi connectivity index (χ0n) is 14.0. The number of benzene rings is 1. The summed E-state index contributed by atoms with van der Waals surface area (Å²) in [5.74, 6) is 1.49. The fraction of sp³-hybridized carbons (Fsp3) is 0.158. The van der Waals surface area contributed by atoms with E-state index in [1.807, 2.05) is 6.07 Å². The summed E-state index contributed by atoms with van der Waals surface area (Å²) >= 11 is 3.38. The maximum Gasteiger partial charge on any atom is 0.225 e. The monoisotopic (exact) mass is 366 g/mol. The van der Waals surface area contributed by atoms with E-state index < -0.39 is 0 Å². The Morgan fingerprint density at radius 3 is 2.72 bits per heavy atom. The molecule has 0 aliphatic carbocycles. The number of hydrogen-bond acceptors (Lipinski definition) is 6. The highest BCUT2D eigenvalue weighted by atomic mass is 32.1. The maximum atomic E-state index is 4.71. The largest absolute Gasteiger partial charge is 0.349 e. The molecule has 0 amide bonds. The van der Waals surface area contributed by atoms with Crippen molar-refractivity contribution in [1.82, 2.24) is 9.97 Å². The minimum absolute atomic E-state index is 0.645. The van der Waals surface area contributed by atoms with Crippen LogP contribution in [0.25, 0.3) is 10.2 Å². The van der Waals surface area contributed by atoms with Crippen LogP contribution in [0.1, 0.15) is 16.0 Å². The summed E-state index contributed by atoms with van der Waals surface area (Å²) in [6.07, 6.45) is 0. The van der Waals surface area contributed by atoms with Crippen LogP contribution in [0, 0.1) is 13.8 Å². The molecule has 4 rings (SSSR count). The van der Waals surface area contributed by atoms with Gasteiger partial charge >= 0.3 is 0 Å². The number of fused-ring (bicyclic) bond motifs is 1. The number of hydrogen-bond donors (Lipinski definition) is 2. The lowest BCUT2D eigenvalue weighted by molar-refractivity contribution is 1.09. The van der Waals surface area contributed by atoms with Gasteiger partial charge in [0.15, 0.2) is 5.82 Å². The second-order valence-electron chi connectivity index (χ2n) is 5.91. The van der Waals surface area contributed by atoms with Crippen LogP contribution in [-0.4, -0.2) is 9.97 Å². The first-order chi connectivity index (χ1) is 12.2. The van der Waals surface area contributed by atoms with Crippen LogP contribution < -0.4 is 10.6 Å². The van der Waals surface area contributed by atoms with Crippen LogP contribution in [0.4, 0.5) is 17.5 Å². The molecule has 0 unspecified atom stereocenters. The normalized spacial score (nSPS) is 11.0. The molecule has 3 heterocycles. The molecular weight excluding hydrogens is 348 g/mol. The van der Waals surface area contributed by atoms with Crippen molar-refractivity contribution in [3.63, 3.8) is 0 Å². The van der Waals surface area contributed by atoms with Crippen molar-refractivity contribution in [1.29, 1.82) is 0 Å². The molecule has 126 valence electrons. The van der Waals surface area contributed by atoms with Crippen molar-refractivity contribution in [2.75, 3.05) is 10.6 Å². The third-order valence-electron chi connectivity index (χ3n) is 3.94. The molecule has 0 saturated carbocycles. The topological polar surface area (TPSA) is 49.8 Å². The van der Waals surface area contributed by atoms with Gasteiger partial charge in [-0.25, -0.2) is 4.98 Å². The number of aryl methyl sites for hydroxylation is 2. The number of anilines is 3. The molecule has 0 atom stereocenters. The average Bonchev–Trinajstić information content (AvgIpc) is 3.26. The van der Waals surface area contributed by atoms with E-state index in [4.69, 9.17) is 4.98 Å². The molecule has 4 aromatic rings. The fourth-order valence-corrected chi connectivity index (χ4v) is 4.11. The molecule has 0 saturated heterocycles. The van der Waals surface area contributed by atoms with Gasteiger partial charge in [-0.3, -0.25) is 0 Å². The molecule has 2 N–H and O–H groups in total. The van der Waals surface area contributed by atoms with Crippen molar-refractivity contribution in [2.24, 2.45) is 0 Å². The lowest BCUT2D eigenvalue weighted by Gasteiger charge is -2.12. The zero-order valence-corrected chi connectivity index (χ0v) is 15.7. The van der Waals surface area contributed by atoms with Gasteiger partial charge in [-0.15, -0.1) is 22.7 Å². The van der Waals surface area contributed by atoms with Gasteiger partial charge < -0.3 is 10.6 Å². The zero-order chi connectivity index (χ0) is 17.2. The van der Waals surface area contributed by atoms with Gasteiger partial charge in [0.1, 0.15) is 0 Å². The predicted octanol–water partition coefficient (Wildman–Crippen LogP) is 5.73. The SMILES string of the molecule is Cc1ccc(Nc2nc(NCc3cccs3)nc3ccsc23)c(C)c1. The second kappa shape index (κ2) is 6.82. The first-order valence-corrected chi connectivity index (χ1v) is 9.81. The minimum Gasteiger partial charge on any atom is -0.349 e. The van der Waals surface area contributed by atoms with Crippen LogP contribution in [-0.2, 0) is 6.54 Å². The highest BCUT2D eigenvalue weighted by Gasteiger charge is 2.10. The van der Waals surface area contributed by atoms with Crippen molar-refractivity contribution >= 4 is 50.3 Å². The smallest absolute Gasteiger partial charge is 0.225 e. The minimum atomic E-state index is 0.645. The van der Waals surface area contributed by atoms with Gasteiger partial charge in [-0.1, -0.05) is 23.8 Å². The molecule has 0 radical (unpaired) electrons. The third-order valence-corrected chi connectivity index (χ3v) is 5.73. The van der Waals surface area contributed by atoms with E-state index in [1.54, 1.807) is 22.7 Å². The van der Waals surface area contributed by atoms with Gasteiger partial charge in [0, 0.05) is 10.6 Å². The molecule has 1 aromatic carbocycles. The fourth-order valence-electron chi connectivity index (χ4n) is 2.69. The van der Waals surface area contributed by atoms with Crippen LogP contribution in [0.3, 0.4) is 0 Å². The van der Waals surface area contributed by atoms with Gasteiger partial charge in [0.2, 0.25) is 5.95 Å². The predicted molar refractivity (Wildman–Crippen MR) is 108 cm³/mol. The molecule has 4 nitrogen and oxygen atoms in total. The summed E-state index contributed by atoms with van der Waals surface area (Å²) in [5.41, 5.74) is 4.49. The van der Waals surface area contributed by atoms with Crippen LogP contribution in [0.5, 0.6) is 0 Å². The number of aromatic nitrogens is 2. The Kier molecular flexibility index (Phi) is 4.38. The average molecular weight is 367 g/mol. The Bertz CT molecular complexity index is 1010. The molecule has 0 aliphatic heterocycles. The van der Waals surface area contributed by atoms with E-state index in [2.05, 4.69) is 70.6 Å². The van der Waals surface area contributed by atoms with Crippen molar-refractivity contribution in [2.45, 2.75) is 20.4 Å². The molecule has 0 spiro atoms. The van der Waals surface area contributed by atoms with E-state index in [9.17, 15) is 0 Å². The van der Waals surface area contributed by atoms with Crippen molar-refractivity contribution in [3.8, 4) is 0 Å². The Balaban J connectivity index is 1.65. The maximum absolute atomic E-state index is 4.71. The van der Waals surface area contributed by atoms with E-state index in [0.29, 0.717) is 5.95 Å². The first-order valence-electron chi connectivity index (χ1n) is 8.05. The van der Waals surface area contributed by atoms with Gasteiger partial charge in [0.25, 0.3) is 0 Å². The van der Waals surface area contributed by atoms with E-state index in [1.165, 1.54) is 16.0 Å². The summed E-state index contributed by atoms with van der Waals surface area (Å²) in [7, 11) is 0. The molecule has 6 heteroatoms. The molecule has 25 heavy (non-hydrogen) atoms. The Hall–Kier alpha value is -2.44. The van der Waals surface area contributed by atoms with Gasteiger partial charge in [-0.2, -0.15) is 4.98 Å². The highest BCUT2D eigenvalue weighted by molar-refractivity contribution is 7.17. The summed E-state index contributed by atoms with van der Waals surface area (Å²) in [4.78, 5) is 10.6. The number of rotatable bonds is 5. The second-order valence-corrected chi connectivity index (χ2v) is 7.86. The van der Waals surface area contributed by atoms with Crippen LogP contribution >= 0.6 is 22.7 Å². The lowest BCUT2D eigenvalue weighted by Crippen LogP contribution is -2.05. The van der Waals surface area contributed by atoms with E-state index >= 15 is 0 Å². The number of nitrogens with one attached hydrogen (secondary N) is 2. The Morgan fingerprint density at radius 2 is 1.92 bits per heavy atom. The van der Waals surface area contributed by atoms with Crippen LogP contribution in [0.2, 0.25) is 0 Å². The summed E-state index contributed by atoms with van der Waals surface area (Å²) in [6, 6.07) is 12.6. The Labute approximate surface area is 154 Å². The summed E-state index contributed by atoms with van der Waals surface area (Å²) < 4.78 is 1.07. The van der Waals surface area contributed by atoms with Crippen molar-refractivity contribution < 1.29 is 0 Å². The first kappa shape index (κ1) is 16.1. The lowest BCUT2D eigenvalue weighted by atomic mass is 10.1. The standard InChI is InChI=1S/C19H18N4S2/c1-12-5-6-15(13(2)10-12)21-18-17-16(7-9-25-17)22-19(23-18)20-11-14-4-3-8-24-14/h3-10H,11H2,1-2H3,(H2,20,21,22,23). The van der Waals surface area contributed by atoms with E-state index in [0.717, 1.165) is 28.3 Å². The van der Waals surface area contributed by atoms with Crippen LogP contribution in [0.15, 0.2) is 47.2 Å². The molecule has 0 fully saturated rings. The number of thiophene rings is 2. The Morgan fingerprint density at radius 1 is 1.00 bits per heavy atom. The molecule has 0 bridgehead atoms. The quantitative estimate of drug-likeness (QED) is 0.474. The third kappa shape index (κ3) is 3.50. The summed E-state index contributed by atoms with van der Waals surface area (Å²) in [6.45, 7) is 4.94. The van der Waals surface area contributed by atoms with Gasteiger partial charge in [-0.05, 0) is 48.4 Å². The summed E-state index contributed by atoms with van der Waals surface area (Å²) in [5, 5.41) is 10.9. The number of nitrogens with zero attached hydrogens (tertiary/aromatic N) is 2. The van der Waals surface area contributed by atoms with Crippen molar-refractivity contribution in [3.05, 3.63) is 63.2 Å². The molecule has 0 aliphatic rings. The van der Waals surface area contributed by atoms with E-state index in [-0.39, 0.29) is 0 Å². The van der Waals surface area contributed by atoms with Gasteiger partial charge in [0.05, 0.1) is 16.8 Å². The molecule has 3 aromatic heterocycles.